The number of ether oxygens (including phenoxy) is 1. The monoisotopic (exact) mass is 406 g/mol. The minimum Gasteiger partial charge on any atom is -0.378 e. The van der Waals surface area contributed by atoms with E-state index in [1.807, 2.05) is 7.05 Å². The first-order chi connectivity index (χ1) is 13.3. The molecule has 4 heterocycles. The largest absolute Gasteiger partial charge is 0.378 e. The average molecular weight is 407 g/mol. The summed E-state index contributed by atoms with van der Waals surface area (Å²) in [5, 5.41) is 0.273. The summed E-state index contributed by atoms with van der Waals surface area (Å²) in [6.45, 7) is 13.1. The lowest BCUT2D eigenvalue weighted by atomic mass is 9.75. The van der Waals surface area contributed by atoms with Crippen LogP contribution in [0, 0.1) is 11.3 Å². The first-order valence-corrected chi connectivity index (χ1v) is 10.6. The van der Waals surface area contributed by atoms with Gasteiger partial charge in [-0.3, -0.25) is 4.90 Å². The number of likely N-dealkylation sites (tertiary alicyclic amines) is 1. The molecular weight excluding hydrogens is 376 g/mol. The predicted octanol–water partition coefficient (Wildman–Crippen LogP) is 3.11. The molecule has 0 spiro atoms. The number of anilines is 1. The molecule has 0 unspecified atom stereocenters. The van der Waals surface area contributed by atoms with Crippen LogP contribution in [0.3, 0.4) is 0 Å². The Balaban J connectivity index is 1.56. The Morgan fingerprint density at radius 3 is 2.36 bits per heavy atom. The van der Waals surface area contributed by atoms with Gasteiger partial charge in [-0.25, -0.2) is 4.98 Å². The zero-order valence-electron chi connectivity index (χ0n) is 17.4. The summed E-state index contributed by atoms with van der Waals surface area (Å²) in [7, 11) is 2.03. The second-order valence-electron chi connectivity index (χ2n) is 9.09. The molecular formula is C20H31ClN6O. The molecule has 8 heteroatoms. The van der Waals surface area contributed by atoms with Gasteiger partial charge in [0.05, 0.1) is 19.8 Å². The van der Waals surface area contributed by atoms with Gasteiger partial charge in [0.2, 0.25) is 5.28 Å². The van der Waals surface area contributed by atoms with Crippen LogP contribution < -0.4 is 4.90 Å². The Labute approximate surface area is 172 Å². The molecule has 0 aromatic carbocycles. The van der Waals surface area contributed by atoms with Gasteiger partial charge < -0.3 is 14.2 Å². The quantitative estimate of drug-likeness (QED) is 0.730. The maximum atomic E-state index is 6.24. The molecule has 2 aromatic rings. The third kappa shape index (κ3) is 3.98. The molecule has 0 N–H and O–H groups in total. The molecule has 4 rings (SSSR count). The normalized spacial score (nSPS) is 20.2. The molecule has 0 saturated carbocycles. The Hall–Kier alpha value is -1.44. The van der Waals surface area contributed by atoms with Crippen LogP contribution in [0.2, 0.25) is 5.28 Å². The number of piperidine rings is 1. The van der Waals surface area contributed by atoms with E-state index in [1.165, 1.54) is 12.8 Å². The van der Waals surface area contributed by atoms with Crippen LogP contribution >= 0.6 is 11.6 Å². The number of nitrogens with zero attached hydrogens (tertiary/aromatic N) is 6. The summed E-state index contributed by atoms with van der Waals surface area (Å²) < 4.78 is 7.55. The highest BCUT2D eigenvalue weighted by Gasteiger charge is 2.29. The van der Waals surface area contributed by atoms with Crippen molar-refractivity contribution in [1.29, 1.82) is 0 Å². The molecule has 0 radical (unpaired) electrons. The molecule has 2 aromatic heterocycles. The van der Waals surface area contributed by atoms with Crippen molar-refractivity contribution < 1.29 is 4.74 Å². The standard InChI is InChI=1S/C20H31ClN6O/c1-20(2,3)14-5-7-26(8-6-14)13-15-22-16-17(25(15)4)23-19(21)24-18(16)27-9-11-28-12-10-27/h14H,5-13H2,1-4H3. The zero-order valence-corrected chi connectivity index (χ0v) is 18.2. The van der Waals surface area contributed by atoms with Gasteiger partial charge in [0.25, 0.3) is 0 Å². The van der Waals surface area contributed by atoms with E-state index in [4.69, 9.17) is 21.3 Å². The minimum atomic E-state index is 0.273. The number of halogens is 1. The van der Waals surface area contributed by atoms with Gasteiger partial charge in [-0.15, -0.1) is 0 Å². The summed E-state index contributed by atoms with van der Waals surface area (Å²) in [5.41, 5.74) is 2.04. The number of aryl methyl sites for hydroxylation is 1. The van der Waals surface area contributed by atoms with Crippen molar-refractivity contribution in [3.8, 4) is 0 Å². The number of imidazole rings is 1. The summed E-state index contributed by atoms with van der Waals surface area (Å²) in [4.78, 5) is 18.6. The second kappa shape index (κ2) is 7.76. The number of fused-ring (bicyclic) bond motifs is 1. The first-order valence-electron chi connectivity index (χ1n) is 10.3. The Morgan fingerprint density at radius 2 is 1.71 bits per heavy atom. The fourth-order valence-corrected chi connectivity index (χ4v) is 4.52. The van der Waals surface area contributed by atoms with E-state index in [-0.39, 0.29) is 5.28 Å². The summed E-state index contributed by atoms with van der Waals surface area (Å²) in [6.07, 6.45) is 2.50. The third-order valence-corrected chi connectivity index (χ3v) is 6.42. The van der Waals surface area contributed by atoms with E-state index in [9.17, 15) is 0 Å². The predicted molar refractivity (Wildman–Crippen MR) is 112 cm³/mol. The number of rotatable bonds is 3. The van der Waals surface area contributed by atoms with Crippen molar-refractivity contribution in [2.45, 2.75) is 40.2 Å². The Bertz CT molecular complexity index is 831. The van der Waals surface area contributed by atoms with E-state index in [0.29, 0.717) is 18.6 Å². The molecule has 2 aliphatic rings. The number of hydrogen-bond donors (Lipinski definition) is 0. The zero-order chi connectivity index (χ0) is 19.9. The minimum absolute atomic E-state index is 0.273. The van der Waals surface area contributed by atoms with Crippen molar-refractivity contribution in [2.75, 3.05) is 44.3 Å². The van der Waals surface area contributed by atoms with E-state index in [0.717, 1.165) is 61.4 Å². The van der Waals surface area contributed by atoms with Crippen LogP contribution in [0.5, 0.6) is 0 Å². The number of aromatic nitrogens is 4. The van der Waals surface area contributed by atoms with Crippen molar-refractivity contribution in [1.82, 2.24) is 24.4 Å². The van der Waals surface area contributed by atoms with Gasteiger partial charge in [-0.1, -0.05) is 20.8 Å². The molecule has 2 fully saturated rings. The highest BCUT2D eigenvalue weighted by Crippen LogP contribution is 2.35. The average Bonchev–Trinajstić information content (AvgIpc) is 2.97. The number of hydrogen-bond acceptors (Lipinski definition) is 6. The van der Waals surface area contributed by atoms with Crippen LogP contribution in [0.4, 0.5) is 5.82 Å². The van der Waals surface area contributed by atoms with Crippen molar-refractivity contribution in [3.05, 3.63) is 11.1 Å². The molecule has 0 amide bonds. The fourth-order valence-electron chi connectivity index (χ4n) is 4.36. The van der Waals surface area contributed by atoms with Gasteiger partial charge in [-0.2, -0.15) is 9.97 Å². The molecule has 2 aliphatic heterocycles. The SMILES string of the molecule is Cn1c(CN2CCC(C(C)(C)C)CC2)nc2c(N3CCOCC3)nc(Cl)nc21. The number of morpholine rings is 1. The first kappa shape index (κ1) is 19.9. The third-order valence-electron chi connectivity index (χ3n) is 6.25. The lowest BCUT2D eigenvalue weighted by Crippen LogP contribution is -2.38. The van der Waals surface area contributed by atoms with Crippen LogP contribution in [-0.4, -0.2) is 63.8 Å². The van der Waals surface area contributed by atoms with Gasteiger partial charge in [-0.05, 0) is 48.9 Å². The lowest BCUT2D eigenvalue weighted by molar-refractivity contribution is 0.106. The summed E-state index contributed by atoms with van der Waals surface area (Å²) in [6, 6.07) is 0. The van der Waals surface area contributed by atoms with E-state index in [1.54, 1.807) is 0 Å². The maximum Gasteiger partial charge on any atom is 0.226 e. The van der Waals surface area contributed by atoms with E-state index in [2.05, 4.69) is 45.1 Å². The molecule has 0 aliphatic carbocycles. The van der Waals surface area contributed by atoms with Gasteiger partial charge in [0.1, 0.15) is 5.82 Å². The molecule has 7 nitrogen and oxygen atoms in total. The highest BCUT2D eigenvalue weighted by atomic mass is 35.5. The Morgan fingerprint density at radius 1 is 1.04 bits per heavy atom. The van der Waals surface area contributed by atoms with Crippen molar-refractivity contribution in [3.63, 3.8) is 0 Å². The van der Waals surface area contributed by atoms with Gasteiger partial charge in [0, 0.05) is 20.1 Å². The topological polar surface area (TPSA) is 59.3 Å². The van der Waals surface area contributed by atoms with E-state index < -0.39 is 0 Å². The fraction of sp³-hybridized carbons (Fsp3) is 0.750. The summed E-state index contributed by atoms with van der Waals surface area (Å²) >= 11 is 6.24. The van der Waals surface area contributed by atoms with Crippen LogP contribution in [0.25, 0.3) is 11.2 Å². The van der Waals surface area contributed by atoms with Crippen molar-refractivity contribution >= 4 is 28.6 Å². The van der Waals surface area contributed by atoms with Gasteiger partial charge in [0.15, 0.2) is 17.0 Å². The van der Waals surface area contributed by atoms with E-state index >= 15 is 0 Å². The maximum absolute atomic E-state index is 6.24. The van der Waals surface area contributed by atoms with Crippen molar-refractivity contribution in [2.24, 2.45) is 18.4 Å². The van der Waals surface area contributed by atoms with Gasteiger partial charge >= 0.3 is 0 Å². The summed E-state index contributed by atoms with van der Waals surface area (Å²) in [5.74, 6) is 2.64. The lowest BCUT2D eigenvalue weighted by Gasteiger charge is -2.38. The molecule has 0 atom stereocenters. The molecule has 154 valence electrons. The highest BCUT2D eigenvalue weighted by molar-refractivity contribution is 6.28. The second-order valence-corrected chi connectivity index (χ2v) is 9.43. The molecule has 0 bridgehead atoms. The van der Waals surface area contributed by atoms with Crippen LogP contribution in [0.1, 0.15) is 39.4 Å². The molecule has 2 saturated heterocycles. The Kier molecular flexibility index (Phi) is 5.51. The van der Waals surface area contributed by atoms with Crippen LogP contribution in [0.15, 0.2) is 0 Å². The smallest absolute Gasteiger partial charge is 0.226 e. The van der Waals surface area contributed by atoms with Crippen LogP contribution in [-0.2, 0) is 18.3 Å². The molecule has 28 heavy (non-hydrogen) atoms.